The first-order chi connectivity index (χ1) is 11.7. The Kier molecular flexibility index (Phi) is 6.49. The summed E-state index contributed by atoms with van der Waals surface area (Å²) in [6.07, 6.45) is 0. The van der Waals surface area contributed by atoms with Gasteiger partial charge >= 0.3 is 0 Å². The van der Waals surface area contributed by atoms with Crippen LogP contribution in [0.5, 0.6) is 0 Å². The molecule has 4 heteroatoms. The number of hydrogen-bond donors (Lipinski definition) is 0. The largest absolute Gasteiger partial charge is 1.00 e. The predicted molar refractivity (Wildman–Crippen MR) is 103 cm³/mol. The molecule has 0 radical (unpaired) electrons. The highest BCUT2D eigenvalue weighted by Crippen LogP contribution is 2.27. The van der Waals surface area contributed by atoms with E-state index in [2.05, 4.69) is 67.5 Å². The van der Waals surface area contributed by atoms with E-state index in [1.165, 1.54) is 16.6 Å². The molecule has 1 aliphatic carbocycles. The van der Waals surface area contributed by atoms with Gasteiger partial charge in [0.1, 0.15) is 30.1 Å². The van der Waals surface area contributed by atoms with Crippen LogP contribution in [0.4, 0.5) is 5.69 Å². The highest BCUT2D eigenvalue weighted by Gasteiger charge is 2.21. The molecule has 0 N–H and O–H groups in total. The molecule has 1 aliphatic heterocycles. The number of rotatable bonds is 5. The van der Waals surface area contributed by atoms with Crippen molar-refractivity contribution < 1.29 is 16.8 Å². The minimum Gasteiger partial charge on any atom is -1.00 e. The summed E-state index contributed by atoms with van der Waals surface area (Å²) in [7, 11) is 0. The monoisotopic (exact) mass is 358 g/mol. The molecule has 134 valence electrons. The molecule has 1 heterocycles. The first kappa shape index (κ1) is 19.3. The van der Waals surface area contributed by atoms with Crippen LogP contribution in [0.2, 0.25) is 0 Å². The van der Waals surface area contributed by atoms with E-state index >= 15 is 0 Å². The minimum absolute atomic E-state index is 0. The van der Waals surface area contributed by atoms with Crippen LogP contribution >= 0.6 is 0 Å². The quantitative estimate of drug-likeness (QED) is 0.504. The molecule has 2 aliphatic rings. The van der Waals surface area contributed by atoms with Gasteiger partial charge in [0.05, 0.1) is 5.56 Å². The van der Waals surface area contributed by atoms with Crippen molar-refractivity contribution in [3.63, 3.8) is 0 Å². The lowest BCUT2D eigenvalue weighted by molar-refractivity contribution is -0.00000550. The lowest BCUT2D eigenvalue weighted by atomic mass is 10.0. The maximum atomic E-state index is 6.18. The number of anilines is 1. The Balaban J connectivity index is 0.00000225. The molecule has 3 rings (SSSR count). The fourth-order valence-electron chi connectivity index (χ4n) is 3.46. The standard InChI is InChI=1S/C21H27N2O.ClH/c1-5-22(6-2)18-13-14-20-17(21(18)23(7-3)8-4)15-16-11-9-10-12-19(16)24-20;/h9-15H,5-8H2,1-4H3;1H/q+1;/p-1. The molecule has 0 saturated heterocycles. The summed E-state index contributed by atoms with van der Waals surface area (Å²) in [6, 6.07) is 14.8. The Morgan fingerprint density at radius 3 is 2.24 bits per heavy atom. The molecular formula is C21H27ClN2O. The average Bonchev–Trinajstić information content (AvgIpc) is 2.63. The van der Waals surface area contributed by atoms with Gasteiger partial charge in [-0.2, -0.15) is 0 Å². The van der Waals surface area contributed by atoms with E-state index in [9.17, 15) is 0 Å². The van der Waals surface area contributed by atoms with Crippen LogP contribution in [0, 0.1) is 0 Å². The Hall–Kier alpha value is -2.00. The average molecular weight is 359 g/mol. The number of benzene rings is 2. The van der Waals surface area contributed by atoms with Gasteiger partial charge in [-0.3, -0.25) is 0 Å². The predicted octanol–water partition coefficient (Wildman–Crippen LogP) is 1.20. The number of para-hydroxylation sites is 1. The van der Waals surface area contributed by atoms with Crippen molar-refractivity contribution in [3.05, 3.63) is 47.8 Å². The highest BCUT2D eigenvalue weighted by atomic mass is 35.5. The van der Waals surface area contributed by atoms with Gasteiger partial charge in [0, 0.05) is 18.5 Å². The van der Waals surface area contributed by atoms with Gasteiger partial charge in [-0.05, 0) is 52.0 Å². The molecule has 0 aromatic heterocycles. The van der Waals surface area contributed by atoms with Crippen LogP contribution in [0.25, 0.3) is 22.3 Å². The lowest BCUT2D eigenvalue weighted by Gasteiger charge is -2.22. The summed E-state index contributed by atoms with van der Waals surface area (Å²) in [5.74, 6) is 0.950. The normalized spacial score (nSPS) is 10.7. The van der Waals surface area contributed by atoms with Crippen molar-refractivity contribution >= 4 is 16.7 Å². The second-order valence-electron chi connectivity index (χ2n) is 5.97. The van der Waals surface area contributed by atoms with Crippen LogP contribution in [-0.4, -0.2) is 26.2 Å². The van der Waals surface area contributed by atoms with Gasteiger partial charge in [0.2, 0.25) is 5.36 Å². The molecule has 0 amide bonds. The highest BCUT2D eigenvalue weighted by molar-refractivity contribution is 5.83. The van der Waals surface area contributed by atoms with E-state index in [1.807, 2.05) is 12.1 Å². The third kappa shape index (κ3) is 3.52. The fraction of sp³-hybridized carbons (Fsp3) is 0.381. The van der Waals surface area contributed by atoms with Gasteiger partial charge in [0.15, 0.2) is 0 Å². The van der Waals surface area contributed by atoms with Gasteiger partial charge in [-0.15, -0.1) is 0 Å². The summed E-state index contributed by atoms with van der Waals surface area (Å²) in [5.41, 5.74) is 3.43. The molecule has 1 aromatic carbocycles. The van der Waals surface area contributed by atoms with Crippen molar-refractivity contribution in [2.75, 3.05) is 31.1 Å². The smallest absolute Gasteiger partial charge is 0.234 e. The van der Waals surface area contributed by atoms with Gasteiger partial charge in [0.25, 0.3) is 0 Å². The van der Waals surface area contributed by atoms with Crippen molar-refractivity contribution in [1.29, 1.82) is 0 Å². The summed E-state index contributed by atoms with van der Waals surface area (Å²) in [4.78, 5) is 2.42. The molecule has 1 aromatic rings. The second kappa shape index (κ2) is 8.39. The van der Waals surface area contributed by atoms with Crippen molar-refractivity contribution in [1.82, 2.24) is 4.58 Å². The first-order valence-corrected chi connectivity index (χ1v) is 9.01. The van der Waals surface area contributed by atoms with Crippen LogP contribution in [0.3, 0.4) is 0 Å². The summed E-state index contributed by atoms with van der Waals surface area (Å²) < 4.78 is 8.61. The van der Waals surface area contributed by atoms with Crippen LogP contribution in [0.1, 0.15) is 27.7 Å². The SMILES string of the molecule is CCN(CC)c1ccc2oc3ccccc3cc-2c1=[N+](CC)CC.[Cl-]. The van der Waals surface area contributed by atoms with E-state index in [0.29, 0.717) is 0 Å². The van der Waals surface area contributed by atoms with Crippen LogP contribution in [-0.2, 0) is 0 Å². The van der Waals surface area contributed by atoms with Crippen LogP contribution in [0.15, 0.2) is 46.9 Å². The van der Waals surface area contributed by atoms with Gasteiger partial charge in [-0.25, -0.2) is 4.58 Å². The topological polar surface area (TPSA) is 19.4 Å². The Labute approximate surface area is 156 Å². The molecule has 0 spiro atoms. The summed E-state index contributed by atoms with van der Waals surface area (Å²) in [5, 5.41) is 2.44. The van der Waals surface area contributed by atoms with Crippen molar-refractivity contribution in [2.24, 2.45) is 0 Å². The summed E-state index contributed by atoms with van der Waals surface area (Å²) in [6.45, 7) is 12.8. The molecule has 0 atom stereocenters. The Bertz CT molecular complexity index is 875. The van der Waals surface area contributed by atoms with E-state index in [0.717, 1.165) is 42.9 Å². The van der Waals surface area contributed by atoms with E-state index in [1.54, 1.807) is 0 Å². The van der Waals surface area contributed by atoms with Crippen LogP contribution < -0.4 is 27.2 Å². The van der Waals surface area contributed by atoms with E-state index < -0.39 is 0 Å². The molecule has 3 nitrogen and oxygen atoms in total. The number of fused-ring (bicyclic) bond motifs is 2. The third-order valence-electron chi connectivity index (χ3n) is 4.78. The molecule has 0 bridgehead atoms. The first-order valence-electron chi connectivity index (χ1n) is 9.01. The van der Waals surface area contributed by atoms with E-state index in [-0.39, 0.29) is 12.4 Å². The number of nitrogens with zero attached hydrogens (tertiary/aromatic N) is 2. The number of halogens is 1. The van der Waals surface area contributed by atoms with E-state index in [4.69, 9.17) is 4.42 Å². The number of hydrogen-bond acceptors (Lipinski definition) is 2. The third-order valence-corrected chi connectivity index (χ3v) is 4.78. The zero-order valence-electron chi connectivity index (χ0n) is 15.6. The Morgan fingerprint density at radius 2 is 1.60 bits per heavy atom. The minimum atomic E-state index is 0. The maximum absolute atomic E-state index is 6.18. The van der Waals surface area contributed by atoms with Crippen molar-refractivity contribution in [3.8, 4) is 11.3 Å². The zero-order chi connectivity index (χ0) is 17.1. The van der Waals surface area contributed by atoms with Crippen molar-refractivity contribution in [2.45, 2.75) is 27.7 Å². The Morgan fingerprint density at radius 1 is 0.920 bits per heavy atom. The van der Waals surface area contributed by atoms with Gasteiger partial charge in [-0.1, -0.05) is 18.2 Å². The second-order valence-corrected chi connectivity index (χ2v) is 5.97. The molecule has 0 saturated carbocycles. The lowest BCUT2D eigenvalue weighted by Crippen LogP contribution is -3.00. The zero-order valence-corrected chi connectivity index (χ0v) is 16.3. The molecular weight excluding hydrogens is 332 g/mol. The van der Waals surface area contributed by atoms with Gasteiger partial charge < -0.3 is 21.7 Å². The maximum Gasteiger partial charge on any atom is 0.234 e. The molecule has 0 fully saturated rings. The molecule has 0 unspecified atom stereocenters. The fourth-order valence-corrected chi connectivity index (χ4v) is 3.46. The molecule has 25 heavy (non-hydrogen) atoms. The summed E-state index contributed by atoms with van der Waals surface area (Å²) >= 11 is 0.